The van der Waals surface area contributed by atoms with Gasteiger partial charge in [-0.2, -0.15) is 0 Å². The molecule has 1 aliphatic rings. The molecule has 3 heteroatoms. The molecule has 20 heavy (non-hydrogen) atoms. The normalized spacial score (nSPS) is 18.8. The second-order valence-corrected chi connectivity index (χ2v) is 6.15. The van der Waals surface area contributed by atoms with Crippen LogP contribution in [-0.2, 0) is 4.79 Å². The van der Waals surface area contributed by atoms with Crippen LogP contribution in [0.4, 0.5) is 0 Å². The zero-order chi connectivity index (χ0) is 14.7. The molecule has 0 saturated carbocycles. The van der Waals surface area contributed by atoms with Crippen molar-refractivity contribution < 1.29 is 9.53 Å². The Labute approximate surface area is 121 Å². The number of hydrogen-bond acceptors (Lipinski definition) is 3. The van der Waals surface area contributed by atoms with Crippen molar-refractivity contribution in [1.29, 1.82) is 0 Å². The third kappa shape index (κ3) is 3.21. The molecule has 1 heterocycles. The topological polar surface area (TPSA) is 38.3 Å². The Morgan fingerprint density at radius 3 is 2.25 bits per heavy atom. The molecule has 0 unspecified atom stereocenters. The maximum atomic E-state index is 12.3. The van der Waals surface area contributed by atoms with E-state index in [4.69, 9.17) is 4.74 Å². The van der Waals surface area contributed by atoms with Gasteiger partial charge in [-0.3, -0.25) is 0 Å². The highest BCUT2D eigenvalue weighted by atomic mass is 16.5. The molecule has 1 aromatic carbocycles. The molecule has 3 nitrogen and oxygen atoms in total. The number of rotatable bonds is 4. The number of para-hydroxylation sites is 1. The Morgan fingerprint density at radius 1 is 1.20 bits per heavy atom. The van der Waals surface area contributed by atoms with Crippen molar-refractivity contribution in [3.63, 3.8) is 0 Å². The first-order valence-corrected chi connectivity index (χ1v) is 7.58. The Hall–Kier alpha value is -1.35. The van der Waals surface area contributed by atoms with Gasteiger partial charge in [0.05, 0.1) is 0 Å². The van der Waals surface area contributed by atoms with Gasteiger partial charge in [0, 0.05) is 0 Å². The second kappa shape index (κ2) is 6.40. The van der Waals surface area contributed by atoms with Crippen molar-refractivity contribution in [2.45, 2.75) is 58.4 Å². The van der Waals surface area contributed by atoms with Gasteiger partial charge in [-0.25, -0.2) is 4.79 Å². The van der Waals surface area contributed by atoms with Crippen LogP contribution in [0.25, 0.3) is 0 Å². The largest absolute Gasteiger partial charge is 0.425 e. The van der Waals surface area contributed by atoms with E-state index in [2.05, 4.69) is 51.2 Å². The molecule has 0 spiro atoms. The SMILES string of the molecule is CC(C)c1cccc(C(C)C)c1OC(=O)[C@@H]1CCCN1. The van der Waals surface area contributed by atoms with Crippen LogP contribution < -0.4 is 10.1 Å². The van der Waals surface area contributed by atoms with E-state index in [-0.39, 0.29) is 12.0 Å². The smallest absolute Gasteiger partial charge is 0.328 e. The van der Waals surface area contributed by atoms with Crippen molar-refractivity contribution in [2.75, 3.05) is 6.54 Å². The minimum absolute atomic E-state index is 0.141. The second-order valence-electron chi connectivity index (χ2n) is 6.15. The van der Waals surface area contributed by atoms with Crippen molar-refractivity contribution >= 4 is 5.97 Å². The summed E-state index contributed by atoms with van der Waals surface area (Å²) in [7, 11) is 0. The minimum atomic E-state index is -0.143. The lowest BCUT2D eigenvalue weighted by atomic mass is 9.94. The van der Waals surface area contributed by atoms with Crippen molar-refractivity contribution in [3.05, 3.63) is 29.3 Å². The molecule has 0 radical (unpaired) electrons. The van der Waals surface area contributed by atoms with E-state index >= 15 is 0 Å². The van der Waals surface area contributed by atoms with Gasteiger partial charge in [-0.1, -0.05) is 45.9 Å². The van der Waals surface area contributed by atoms with E-state index in [1.165, 1.54) is 0 Å². The average Bonchev–Trinajstić information content (AvgIpc) is 2.92. The van der Waals surface area contributed by atoms with Crippen molar-refractivity contribution in [2.24, 2.45) is 0 Å². The van der Waals surface area contributed by atoms with Crippen molar-refractivity contribution in [1.82, 2.24) is 5.32 Å². The van der Waals surface area contributed by atoms with Gasteiger partial charge in [0.25, 0.3) is 0 Å². The Balaban J connectivity index is 2.30. The fourth-order valence-corrected chi connectivity index (χ4v) is 2.66. The molecule has 0 amide bonds. The standard InChI is InChI=1S/C17H25NO2/c1-11(2)13-7-5-8-14(12(3)4)16(13)20-17(19)15-9-6-10-18-15/h5,7-8,11-12,15,18H,6,9-10H2,1-4H3/t15-/m0/s1. The summed E-state index contributed by atoms with van der Waals surface area (Å²) < 4.78 is 5.78. The first kappa shape index (κ1) is 15.0. The van der Waals surface area contributed by atoms with Crippen LogP contribution >= 0.6 is 0 Å². The molecule has 1 aliphatic heterocycles. The number of hydrogen-bond donors (Lipinski definition) is 1. The maximum Gasteiger partial charge on any atom is 0.328 e. The number of nitrogens with one attached hydrogen (secondary N) is 1. The highest BCUT2D eigenvalue weighted by molar-refractivity contribution is 5.79. The van der Waals surface area contributed by atoms with Crippen LogP contribution in [0.2, 0.25) is 0 Å². The van der Waals surface area contributed by atoms with Gasteiger partial charge >= 0.3 is 5.97 Å². The first-order chi connectivity index (χ1) is 9.50. The number of ether oxygens (including phenoxy) is 1. The van der Waals surface area contributed by atoms with Gasteiger partial charge < -0.3 is 10.1 Å². The summed E-state index contributed by atoms with van der Waals surface area (Å²) >= 11 is 0. The summed E-state index contributed by atoms with van der Waals surface area (Å²) in [6, 6.07) is 6.02. The molecule has 110 valence electrons. The highest BCUT2D eigenvalue weighted by Crippen LogP contribution is 2.34. The molecular formula is C17H25NO2. The van der Waals surface area contributed by atoms with E-state index in [1.54, 1.807) is 0 Å². The number of esters is 1. The van der Waals surface area contributed by atoms with Crippen LogP contribution in [0.1, 0.15) is 63.5 Å². The van der Waals surface area contributed by atoms with Crippen LogP contribution in [0.5, 0.6) is 5.75 Å². The maximum absolute atomic E-state index is 12.3. The fraction of sp³-hybridized carbons (Fsp3) is 0.588. The number of carbonyl (C=O) groups excluding carboxylic acids is 1. The summed E-state index contributed by atoms with van der Waals surface area (Å²) in [5, 5.41) is 3.20. The molecule has 0 bridgehead atoms. The predicted octanol–water partition coefficient (Wildman–Crippen LogP) is 3.59. The van der Waals surface area contributed by atoms with E-state index in [1.807, 2.05) is 0 Å². The quantitative estimate of drug-likeness (QED) is 0.674. The van der Waals surface area contributed by atoms with Gasteiger partial charge in [0.15, 0.2) is 0 Å². The molecule has 1 saturated heterocycles. The Kier molecular flexibility index (Phi) is 4.81. The zero-order valence-electron chi connectivity index (χ0n) is 12.9. The highest BCUT2D eigenvalue weighted by Gasteiger charge is 2.26. The summed E-state index contributed by atoms with van der Waals surface area (Å²) in [6.45, 7) is 9.42. The lowest BCUT2D eigenvalue weighted by Crippen LogP contribution is -2.34. The zero-order valence-corrected chi connectivity index (χ0v) is 12.9. The van der Waals surface area contributed by atoms with Gasteiger partial charge in [0.2, 0.25) is 0 Å². The molecule has 0 aromatic heterocycles. The molecular weight excluding hydrogens is 250 g/mol. The van der Waals surface area contributed by atoms with E-state index < -0.39 is 0 Å². The Morgan fingerprint density at radius 2 is 1.80 bits per heavy atom. The van der Waals surface area contributed by atoms with Crippen molar-refractivity contribution in [3.8, 4) is 5.75 Å². The molecule has 0 aliphatic carbocycles. The lowest BCUT2D eigenvalue weighted by Gasteiger charge is -2.20. The van der Waals surface area contributed by atoms with E-state index in [0.29, 0.717) is 11.8 Å². The average molecular weight is 275 g/mol. The fourth-order valence-electron chi connectivity index (χ4n) is 2.66. The van der Waals surface area contributed by atoms with Crippen LogP contribution in [0, 0.1) is 0 Å². The number of carbonyl (C=O) groups is 1. The molecule has 1 fully saturated rings. The third-order valence-electron chi connectivity index (χ3n) is 3.87. The van der Waals surface area contributed by atoms with Gasteiger partial charge in [0.1, 0.15) is 11.8 Å². The van der Waals surface area contributed by atoms with Crippen LogP contribution in [0.15, 0.2) is 18.2 Å². The van der Waals surface area contributed by atoms with Gasteiger partial charge in [-0.15, -0.1) is 0 Å². The molecule has 1 aromatic rings. The monoisotopic (exact) mass is 275 g/mol. The number of benzene rings is 1. The first-order valence-electron chi connectivity index (χ1n) is 7.58. The third-order valence-corrected chi connectivity index (χ3v) is 3.87. The summed E-state index contributed by atoms with van der Waals surface area (Å²) in [5.74, 6) is 1.31. The van der Waals surface area contributed by atoms with Crippen LogP contribution in [0.3, 0.4) is 0 Å². The lowest BCUT2D eigenvalue weighted by molar-refractivity contribution is -0.136. The van der Waals surface area contributed by atoms with Crippen LogP contribution in [-0.4, -0.2) is 18.6 Å². The van der Waals surface area contributed by atoms with Gasteiger partial charge in [-0.05, 0) is 42.3 Å². The van der Waals surface area contributed by atoms with E-state index in [9.17, 15) is 4.79 Å². The molecule has 1 atom stereocenters. The molecule has 2 rings (SSSR count). The summed E-state index contributed by atoms with van der Waals surface area (Å²) in [5.41, 5.74) is 2.23. The summed E-state index contributed by atoms with van der Waals surface area (Å²) in [4.78, 5) is 12.3. The molecule has 1 N–H and O–H groups in total. The summed E-state index contributed by atoms with van der Waals surface area (Å²) in [6.07, 6.45) is 1.92. The van der Waals surface area contributed by atoms with E-state index in [0.717, 1.165) is 36.3 Å². The Bertz CT molecular complexity index is 448. The minimum Gasteiger partial charge on any atom is -0.425 e. The predicted molar refractivity (Wildman–Crippen MR) is 81.3 cm³/mol.